The number of sulfonamides is 1. The SMILES string of the molecule is Cc1cc(C)c(C)c(S(=O)(=O)N2CC(Oc3ncccc3C(F)(F)F)C2)c1C. The van der Waals surface area contributed by atoms with Crippen LogP contribution in [0.25, 0.3) is 0 Å². The summed E-state index contributed by atoms with van der Waals surface area (Å²) in [4.78, 5) is 3.91. The van der Waals surface area contributed by atoms with E-state index in [1.807, 2.05) is 19.9 Å². The number of ether oxygens (including phenoxy) is 1. The first-order valence-corrected chi connectivity index (χ1v) is 10.1. The smallest absolute Gasteiger partial charge is 0.421 e. The Hall–Kier alpha value is -2.13. The quantitative estimate of drug-likeness (QED) is 0.764. The molecule has 2 aromatic rings. The van der Waals surface area contributed by atoms with Crippen molar-refractivity contribution in [1.29, 1.82) is 0 Å². The van der Waals surface area contributed by atoms with Crippen LogP contribution in [0.1, 0.15) is 27.8 Å². The molecule has 0 unspecified atom stereocenters. The standard InChI is InChI=1S/C19H21F3N2O3S/c1-11-8-12(2)14(4)17(13(11)3)28(25,26)24-9-15(10-24)27-18-16(19(20,21)22)6-5-7-23-18/h5-8,15H,9-10H2,1-4H3. The summed E-state index contributed by atoms with van der Waals surface area (Å²) in [6.07, 6.45) is -4.07. The predicted octanol–water partition coefficient (Wildman–Crippen LogP) is 3.79. The van der Waals surface area contributed by atoms with Crippen LogP contribution in [0.15, 0.2) is 29.3 Å². The van der Waals surface area contributed by atoms with Crippen molar-refractivity contribution in [2.45, 2.75) is 44.9 Å². The summed E-state index contributed by atoms with van der Waals surface area (Å²) in [7, 11) is -3.76. The fourth-order valence-corrected chi connectivity index (χ4v) is 5.31. The lowest BCUT2D eigenvalue weighted by atomic mass is 10.0. The van der Waals surface area contributed by atoms with E-state index in [-0.39, 0.29) is 18.0 Å². The second-order valence-electron chi connectivity index (χ2n) is 7.01. The molecule has 2 heterocycles. The van der Waals surface area contributed by atoms with E-state index in [0.29, 0.717) is 11.1 Å². The van der Waals surface area contributed by atoms with E-state index in [0.717, 1.165) is 17.2 Å². The van der Waals surface area contributed by atoms with Gasteiger partial charge in [0.05, 0.1) is 18.0 Å². The van der Waals surface area contributed by atoms with Gasteiger partial charge in [-0.05, 0) is 62.1 Å². The molecule has 0 spiro atoms. The number of pyridine rings is 1. The van der Waals surface area contributed by atoms with Gasteiger partial charge in [0.15, 0.2) is 0 Å². The molecule has 0 N–H and O–H groups in total. The third-order valence-corrected chi connectivity index (χ3v) is 7.17. The molecule has 0 aliphatic carbocycles. The Morgan fingerprint density at radius 1 is 1.11 bits per heavy atom. The number of aromatic nitrogens is 1. The number of aryl methyl sites for hydroxylation is 2. The highest BCUT2D eigenvalue weighted by Gasteiger charge is 2.42. The molecule has 5 nitrogen and oxygen atoms in total. The van der Waals surface area contributed by atoms with Gasteiger partial charge in [-0.1, -0.05) is 6.07 Å². The van der Waals surface area contributed by atoms with Gasteiger partial charge in [-0.15, -0.1) is 0 Å². The van der Waals surface area contributed by atoms with Gasteiger partial charge in [0.2, 0.25) is 15.9 Å². The number of benzene rings is 1. The second-order valence-corrected chi connectivity index (χ2v) is 8.88. The third-order valence-electron chi connectivity index (χ3n) is 5.06. The molecule has 0 atom stereocenters. The molecule has 1 aromatic heterocycles. The number of alkyl halides is 3. The van der Waals surface area contributed by atoms with Crippen molar-refractivity contribution in [1.82, 2.24) is 9.29 Å². The largest absolute Gasteiger partial charge is 0.471 e. The highest BCUT2D eigenvalue weighted by atomic mass is 32.2. The van der Waals surface area contributed by atoms with Gasteiger partial charge < -0.3 is 4.74 Å². The molecule has 1 aliphatic rings. The van der Waals surface area contributed by atoms with Crippen LogP contribution in [-0.4, -0.2) is 36.9 Å². The molecule has 1 aliphatic heterocycles. The zero-order chi connectivity index (χ0) is 20.9. The Morgan fingerprint density at radius 2 is 1.68 bits per heavy atom. The van der Waals surface area contributed by atoms with E-state index in [9.17, 15) is 21.6 Å². The summed E-state index contributed by atoms with van der Waals surface area (Å²) >= 11 is 0. The zero-order valence-electron chi connectivity index (χ0n) is 16.0. The zero-order valence-corrected chi connectivity index (χ0v) is 16.8. The molecule has 1 fully saturated rings. The fraction of sp³-hybridized carbons (Fsp3) is 0.421. The molecule has 1 aromatic carbocycles. The predicted molar refractivity (Wildman–Crippen MR) is 97.8 cm³/mol. The van der Waals surface area contributed by atoms with Crippen LogP contribution in [0, 0.1) is 27.7 Å². The second kappa shape index (κ2) is 7.04. The van der Waals surface area contributed by atoms with Gasteiger partial charge in [-0.3, -0.25) is 0 Å². The van der Waals surface area contributed by atoms with Gasteiger partial charge >= 0.3 is 6.18 Å². The van der Waals surface area contributed by atoms with E-state index in [4.69, 9.17) is 4.74 Å². The van der Waals surface area contributed by atoms with Gasteiger partial charge in [0.25, 0.3) is 0 Å². The van der Waals surface area contributed by atoms with Crippen LogP contribution in [0.2, 0.25) is 0 Å². The minimum Gasteiger partial charge on any atom is -0.471 e. The van der Waals surface area contributed by atoms with E-state index < -0.39 is 33.7 Å². The molecule has 152 valence electrons. The fourth-order valence-electron chi connectivity index (χ4n) is 3.23. The Kier molecular flexibility index (Phi) is 5.18. The van der Waals surface area contributed by atoms with Crippen LogP contribution in [0.3, 0.4) is 0 Å². The molecular weight excluding hydrogens is 393 g/mol. The molecule has 3 rings (SSSR count). The molecule has 0 bridgehead atoms. The highest BCUT2D eigenvalue weighted by Crippen LogP contribution is 2.36. The van der Waals surface area contributed by atoms with E-state index >= 15 is 0 Å². The Balaban J connectivity index is 1.80. The molecule has 0 amide bonds. The first kappa shape index (κ1) is 20.6. The Bertz CT molecular complexity index is 988. The van der Waals surface area contributed by atoms with Gasteiger partial charge in [0.1, 0.15) is 11.7 Å². The van der Waals surface area contributed by atoms with Crippen LogP contribution in [0.5, 0.6) is 5.88 Å². The van der Waals surface area contributed by atoms with Gasteiger partial charge in [-0.25, -0.2) is 13.4 Å². The minimum atomic E-state index is -4.59. The highest BCUT2D eigenvalue weighted by molar-refractivity contribution is 7.89. The van der Waals surface area contributed by atoms with Crippen molar-refractivity contribution in [3.8, 4) is 5.88 Å². The molecule has 1 saturated heterocycles. The molecule has 0 radical (unpaired) electrons. The lowest BCUT2D eigenvalue weighted by Crippen LogP contribution is -2.56. The van der Waals surface area contributed by atoms with Gasteiger partial charge in [-0.2, -0.15) is 17.5 Å². The molecular formula is C19H21F3N2O3S. The maximum atomic E-state index is 13.1. The molecule has 0 saturated carbocycles. The number of hydrogen-bond acceptors (Lipinski definition) is 4. The number of halogens is 3. The van der Waals surface area contributed by atoms with Crippen molar-refractivity contribution in [3.63, 3.8) is 0 Å². The summed E-state index contributed by atoms with van der Waals surface area (Å²) < 4.78 is 71.8. The number of hydrogen-bond donors (Lipinski definition) is 0. The van der Waals surface area contributed by atoms with Crippen molar-refractivity contribution < 1.29 is 26.3 Å². The first-order valence-electron chi connectivity index (χ1n) is 8.69. The summed E-state index contributed by atoms with van der Waals surface area (Å²) in [5.41, 5.74) is 2.13. The van der Waals surface area contributed by atoms with E-state index in [1.165, 1.54) is 16.6 Å². The topological polar surface area (TPSA) is 59.5 Å². The van der Waals surface area contributed by atoms with Crippen molar-refractivity contribution in [2.24, 2.45) is 0 Å². The van der Waals surface area contributed by atoms with E-state index in [1.54, 1.807) is 13.8 Å². The Labute approximate surface area is 162 Å². The van der Waals surface area contributed by atoms with Crippen LogP contribution in [0.4, 0.5) is 13.2 Å². The monoisotopic (exact) mass is 414 g/mol. The summed E-state index contributed by atoms with van der Waals surface area (Å²) in [6, 6.07) is 4.00. The van der Waals surface area contributed by atoms with Crippen molar-refractivity contribution in [2.75, 3.05) is 13.1 Å². The molecule has 28 heavy (non-hydrogen) atoms. The summed E-state index contributed by atoms with van der Waals surface area (Å²) in [6.45, 7) is 7.16. The third kappa shape index (κ3) is 3.60. The van der Waals surface area contributed by atoms with Crippen LogP contribution >= 0.6 is 0 Å². The van der Waals surface area contributed by atoms with Gasteiger partial charge in [0, 0.05) is 6.20 Å². The van der Waals surface area contributed by atoms with Crippen LogP contribution < -0.4 is 4.74 Å². The minimum absolute atomic E-state index is 0.0257. The number of nitrogens with zero attached hydrogens (tertiary/aromatic N) is 2. The maximum Gasteiger partial charge on any atom is 0.421 e. The lowest BCUT2D eigenvalue weighted by Gasteiger charge is -2.38. The molecule has 9 heteroatoms. The van der Waals surface area contributed by atoms with E-state index in [2.05, 4.69) is 4.98 Å². The first-order chi connectivity index (χ1) is 12.9. The summed E-state index contributed by atoms with van der Waals surface area (Å²) in [5, 5.41) is 0. The normalized spacial score (nSPS) is 16.1. The Morgan fingerprint density at radius 3 is 2.21 bits per heavy atom. The average molecular weight is 414 g/mol. The average Bonchev–Trinajstić information content (AvgIpc) is 2.55. The van der Waals surface area contributed by atoms with Crippen molar-refractivity contribution in [3.05, 3.63) is 52.2 Å². The van der Waals surface area contributed by atoms with Crippen LogP contribution in [-0.2, 0) is 16.2 Å². The van der Waals surface area contributed by atoms with Crippen molar-refractivity contribution >= 4 is 10.0 Å². The lowest BCUT2D eigenvalue weighted by molar-refractivity contribution is -0.140. The number of rotatable bonds is 4. The maximum absolute atomic E-state index is 13.1. The summed E-state index contributed by atoms with van der Waals surface area (Å²) in [5.74, 6) is -0.532.